The Hall–Kier alpha value is -0.580. The lowest BCUT2D eigenvalue weighted by molar-refractivity contribution is 0.285. The van der Waals surface area contributed by atoms with E-state index < -0.39 is 0 Å². The maximum Gasteiger partial charge on any atom is 0.0890 e. The van der Waals surface area contributed by atoms with Crippen molar-refractivity contribution in [2.75, 3.05) is 5.73 Å². The minimum Gasteiger partial charge on any atom is -0.391 e. The summed E-state index contributed by atoms with van der Waals surface area (Å²) in [5.41, 5.74) is 5.59. The van der Waals surface area contributed by atoms with Gasteiger partial charge >= 0.3 is 0 Å². The third kappa shape index (κ3) is 1.13. The summed E-state index contributed by atoms with van der Waals surface area (Å²) < 4.78 is 1.20. The summed E-state index contributed by atoms with van der Waals surface area (Å²) in [6.07, 6.45) is 0. The molecule has 2 aromatic rings. The summed E-state index contributed by atoms with van der Waals surface area (Å²) in [6, 6.07) is 3.92. The first-order chi connectivity index (χ1) is 5.29. The molecule has 0 radical (unpaired) electrons. The highest BCUT2D eigenvalue weighted by Gasteiger charge is 2.03. The van der Waals surface area contributed by atoms with Crippen LogP contribution in [0.5, 0.6) is 0 Å². The highest BCUT2D eigenvalue weighted by Crippen LogP contribution is 2.34. The van der Waals surface area contributed by atoms with Gasteiger partial charge in [-0.1, -0.05) is 0 Å². The fourth-order valence-electron chi connectivity index (χ4n) is 0.988. The van der Waals surface area contributed by atoms with Crippen molar-refractivity contribution in [2.24, 2.45) is 0 Å². The number of rotatable bonds is 1. The second kappa shape index (κ2) is 2.48. The maximum absolute atomic E-state index is 8.81. The van der Waals surface area contributed by atoms with Gasteiger partial charge in [-0.15, -0.1) is 22.7 Å². The average molecular weight is 185 g/mol. The molecule has 2 aromatic heterocycles. The van der Waals surface area contributed by atoms with E-state index in [2.05, 4.69) is 0 Å². The summed E-state index contributed by atoms with van der Waals surface area (Å²) >= 11 is 3.18. The Kier molecular flexibility index (Phi) is 1.60. The van der Waals surface area contributed by atoms with Gasteiger partial charge in [0.2, 0.25) is 0 Å². The summed E-state index contributed by atoms with van der Waals surface area (Å²) in [4.78, 5) is 1.01. The molecule has 2 nitrogen and oxygen atoms in total. The standard InChI is InChI=1S/C7H7NOS2/c8-6-2-4-1-5(3-9)10-7(4)11-6/h1-2,9H,3,8H2. The second-order valence-corrected chi connectivity index (χ2v) is 4.74. The van der Waals surface area contributed by atoms with E-state index in [-0.39, 0.29) is 6.61 Å². The molecule has 3 N–H and O–H groups in total. The number of hydrogen-bond acceptors (Lipinski definition) is 4. The third-order valence-corrected chi connectivity index (χ3v) is 3.65. The van der Waals surface area contributed by atoms with Gasteiger partial charge in [0.05, 0.1) is 15.6 Å². The van der Waals surface area contributed by atoms with Gasteiger partial charge in [0.15, 0.2) is 0 Å². The zero-order chi connectivity index (χ0) is 7.84. The molecule has 2 rings (SSSR count). The quantitative estimate of drug-likeness (QED) is 0.714. The number of thiophene rings is 2. The van der Waals surface area contributed by atoms with Crippen molar-refractivity contribution in [1.29, 1.82) is 0 Å². The average Bonchev–Trinajstić information content (AvgIpc) is 2.43. The Morgan fingerprint density at radius 1 is 1.36 bits per heavy atom. The van der Waals surface area contributed by atoms with Crippen LogP contribution < -0.4 is 5.73 Å². The number of hydrogen-bond donors (Lipinski definition) is 2. The Bertz CT molecular complexity index is 345. The van der Waals surface area contributed by atoms with Crippen LogP contribution in [0.1, 0.15) is 4.88 Å². The molecule has 0 spiro atoms. The van der Waals surface area contributed by atoms with Crippen molar-refractivity contribution in [3.8, 4) is 0 Å². The molecule has 0 fully saturated rings. The van der Waals surface area contributed by atoms with Crippen LogP contribution in [0.15, 0.2) is 12.1 Å². The van der Waals surface area contributed by atoms with Crippen molar-refractivity contribution in [2.45, 2.75) is 6.61 Å². The van der Waals surface area contributed by atoms with Crippen LogP contribution in [0.4, 0.5) is 5.00 Å². The van der Waals surface area contributed by atoms with E-state index in [4.69, 9.17) is 10.8 Å². The van der Waals surface area contributed by atoms with Crippen LogP contribution in [0.25, 0.3) is 9.40 Å². The fraction of sp³-hybridized carbons (Fsp3) is 0.143. The van der Waals surface area contributed by atoms with Gasteiger partial charge in [-0.25, -0.2) is 0 Å². The molecule has 0 bridgehead atoms. The van der Waals surface area contributed by atoms with E-state index >= 15 is 0 Å². The number of aliphatic hydroxyl groups is 1. The SMILES string of the molecule is Nc1cc2cc(CO)sc2s1. The number of fused-ring (bicyclic) bond motifs is 1. The van der Waals surface area contributed by atoms with Crippen molar-refractivity contribution in [3.05, 3.63) is 17.0 Å². The molecule has 4 heteroatoms. The van der Waals surface area contributed by atoms with Crippen LogP contribution in [-0.2, 0) is 6.61 Å². The monoisotopic (exact) mass is 185 g/mol. The zero-order valence-electron chi connectivity index (χ0n) is 5.70. The highest BCUT2D eigenvalue weighted by molar-refractivity contribution is 7.40. The summed E-state index contributed by atoms with van der Waals surface area (Å²) in [6.45, 7) is 0.131. The molecule has 0 aromatic carbocycles. The second-order valence-electron chi connectivity index (χ2n) is 2.26. The fourth-order valence-corrected chi connectivity index (χ4v) is 3.12. The Morgan fingerprint density at radius 3 is 2.82 bits per heavy atom. The molecular weight excluding hydrogens is 178 g/mol. The molecule has 0 saturated heterocycles. The van der Waals surface area contributed by atoms with Crippen molar-refractivity contribution in [1.82, 2.24) is 0 Å². The lowest BCUT2D eigenvalue weighted by Gasteiger charge is -1.81. The van der Waals surface area contributed by atoms with Gasteiger partial charge in [-0.3, -0.25) is 0 Å². The van der Waals surface area contributed by atoms with Gasteiger partial charge in [0.25, 0.3) is 0 Å². The predicted octanol–water partition coefficient (Wildman–Crippen LogP) is 2.04. The minimum atomic E-state index is 0.131. The van der Waals surface area contributed by atoms with E-state index in [1.165, 1.54) is 4.01 Å². The molecule has 0 aliphatic rings. The topological polar surface area (TPSA) is 46.2 Å². The van der Waals surface area contributed by atoms with Crippen LogP contribution >= 0.6 is 22.7 Å². The van der Waals surface area contributed by atoms with Crippen LogP contribution in [0, 0.1) is 0 Å². The molecule has 0 amide bonds. The first kappa shape index (κ1) is 7.09. The van der Waals surface area contributed by atoms with Gasteiger partial charge in [0.1, 0.15) is 0 Å². The first-order valence-electron chi connectivity index (χ1n) is 3.18. The van der Waals surface area contributed by atoms with Crippen LogP contribution in [-0.4, -0.2) is 5.11 Å². The Morgan fingerprint density at radius 2 is 2.18 bits per heavy atom. The molecule has 0 saturated carbocycles. The molecular formula is C7H7NOS2. The predicted molar refractivity (Wildman–Crippen MR) is 50.0 cm³/mol. The minimum absolute atomic E-state index is 0.131. The van der Waals surface area contributed by atoms with Gasteiger partial charge in [0, 0.05) is 10.3 Å². The Balaban J connectivity index is 2.64. The van der Waals surface area contributed by atoms with Crippen LogP contribution in [0.3, 0.4) is 0 Å². The van der Waals surface area contributed by atoms with Gasteiger partial charge in [-0.05, 0) is 12.1 Å². The third-order valence-electron chi connectivity index (χ3n) is 1.44. The number of nitrogen functional groups attached to an aromatic ring is 1. The molecule has 58 valence electrons. The van der Waals surface area contributed by atoms with Crippen molar-refractivity contribution in [3.63, 3.8) is 0 Å². The van der Waals surface area contributed by atoms with Gasteiger partial charge < -0.3 is 10.8 Å². The van der Waals surface area contributed by atoms with Crippen molar-refractivity contribution >= 4 is 37.1 Å². The maximum atomic E-state index is 8.81. The lowest BCUT2D eigenvalue weighted by atomic mass is 10.4. The number of anilines is 1. The summed E-state index contributed by atoms with van der Waals surface area (Å²) in [5.74, 6) is 0. The molecule has 0 unspecified atom stereocenters. The largest absolute Gasteiger partial charge is 0.391 e. The molecule has 0 atom stereocenters. The lowest BCUT2D eigenvalue weighted by Crippen LogP contribution is -1.74. The molecule has 0 aliphatic heterocycles. The van der Waals surface area contributed by atoms with E-state index in [1.807, 2.05) is 12.1 Å². The molecule has 2 heterocycles. The van der Waals surface area contributed by atoms with E-state index in [0.29, 0.717) is 0 Å². The van der Waals surface area contributed by atoms with E-state index in [9.17, 15) is 0 Å². The van der Waals surface area contributed by atoms with E-state index in [1.54, 1.807) is 22.7 Å². The number of aliphatic hydroxyl groups excluding tert-OH is 1. The smallest absolute Gasteiger partial charge is 0.0890 e. The zero-order valence-corrected chi connectivity index (χ0v) is 7.34. The first-order valence-corrected chi connectivity index (χ1v) is 4.81. The molecule has 11 heavy (non-hydrogen) atoms. The normalized spacial score (nSPS) is 11.0. The van der Waals surface area contributed by atoms with Gasteiger partial charge in [-0.2, -0.15) is 0 Å². The van der Waals surface area contributed by atoms with E-state index in [0.717, 1.165) is 15.3 Å². The Labute approximate surface area is 71.9 Å². The number of nitrogens with two attached hydrogens (primary N) is 1. The highest BCUT2D eigenvalue weighted by atomic mass is 32.2. The van der Waals surface area contributed by atoms with Crippen molar-refractivity contribution < 1.29 is 5.11 Å². The summed E-state index contributed by atoms with van der Waals surface area (Å²) in [5, 5.41) is 10.8. The summed E-state index contributed by atoms with van der Waals surface area (Å²) in [7, 11) is 0. The molecule has 0 aliphatic carbocycles. The van der Waals surface area contributed by atoms with Crippen LogP contribution in [0.2, 0.25) is 0 Å².